The van der Waals surface area contributed by atoms with Gasteiger partial charge in [0.1, 0.15) is 0 Å². The van der Waals surface area contributed by atoms with Gasteiger partial charge < -0.3 is 15.0 Å². The van der Waals surface area contributed by atoms with E-state index in [2.05, 4.69) is 31.1 Å². The van der Waals surface area contributed by atoms with Gasteiger partial charge in [0.25, 0.3) is 0 Å². The molecule has 1 amide bonds. The first-order chi connectivity index (χ1) is 8.24. The Morgan fingerprint density at radius 2 is 2.47 bits per heavy atom. The number of morpholine rings is 1. The molecular formula is C11H12BrN3O2. The maximum atomic E-state index is 11.8. The molecule has 90 valence electrons. The third-order valence-corrected chi connectivity index (χ3v) is 3.46. The first kappa shape index (κ1) is 11.0. The van der Waals surface area contributed by atoms with E-state index in [1.165, 1.54) is 0 Å². The van der Waals surface area contributed by atoms with Crippen LogP contribution in [0.4, 0.5) is 11.5 Å². The predicted octanol–water partition coefficient (Wildman–Crippen LogP) is 1.39. The highest BCUT2D eigenvalue weighted by atomic mass is 79.9. The maximum Gasteiger partial charge on any atom is 0.226 e. The molecule has 2 aliphatic rings. The SMILES string of the molecule is O=C1CC2COCCN2c2ncc(Br)cc2N1. The van der Waals surface area contributed by atoms with Crippen molar-refractivity contribution in [3.63, 3.8) is 0 Å². The Balaban J connectivity index is 2.05. The van der Waals surface area contributed by atoms with E-state index < -0.39 is 0 Å². The van der Waals surface area contributed by atoms with E-state index in [-0.39, 0.29) is 11.9 Å². The summed E-state index contributed by atoms with van der Waals surface area (Å²) in [5.41, 5.74) is 0.772. The van der Waals surface area contributed by atoms with Gasteiger partial charge in [0.2, 0.25) is 5.91 Å². The number of anilines is 2. The Morgan fingerprint density at radius 3 is 3.35 bits per heavy atom. The molecule has 17 heavy (non-hydrogen) atoms. The molecule has 0 aromatic carbocycles. The Hall–Kier alpha value is -1.14. The molecule has 6 heteroatoms. The van der Waals surface area contributed by atoms with Crippen molar-refractivity contribution >= 4 is 33.3 Å². The predicted molar refractivity (Wildman–Crippen MR) is 67.1 cm³/mol. The minimum absolute atomic E-state index is 0.0177. The third-order valence-electron chi connectivity index (χ3n) is 3.03. The van der Waals surface area contributed by atoms with Crippen molar-refractivity contribution in [3.8, 4) is 0 Å². The van der Waals surface area contributed by atoms with E-state index in [1.54, 1.807) is 6.20 Å². The van der Waals surface area contributed by atoms with Gasteiger partial charge in [-0.1, -0.05) is 0 Å². The Morgan fingerprint density at radius 1 is 1.59 bits per heavy atom. The average molecular weight is 298 g/mol. The lowest BCUT2D eigenvalue weighted by atomic mass is 10.1. The first-order valence-corrected chi connectivity index (χ1v) is 6.33. The molecule has 1 atom stereocenters. The number of halogens is 1. The summed E-state index contributed by atoms with van der Waals surface area (Å²) in [6.45, 7) is 2.05. The third kappa shape index (κ3) is 2.02. The molecule has 3 rings (SSSR count). The molecule has 0 saturated carbocycles. The van der Waals surface area contributed by atoms with Gasteiger partial charge in [0.15, 0.2) is 5.82 Å². The highest BCUT2D eigenvalue weighted by Gasteiger charge is 2.31. The van der Waals surface area contributed by atoms with Gasteiger partial charge in [-0.3, -0.25) is 4.79 Å². The van der Waals surface area contributed by atoms with E-state index in [9.17, 15) is 4.79 Å². The van der Waals surface area contributed by atoms with Crippen LogP contribution in [0.1, 0.15) is 6.42 Å². The average Bonchev–Trinajstić information content (AvgIpc) is 2.43. The highest BCUT2D eigenvalue weighted by molar-refractivity contribution is 9.10. The minimum atomic E-state index is 0.0177. The highest BCUT2D eigenvalue weighted by Crippen LogP contribution is 2.32. The number of pyridine rings is 1. The second-order valence-electron chi connectivity index (χ2n) is 4.20. The zero-order valence-electron chi connectivity index (χ0n) is 9.15. The standard InChI is InChI=1S/C11H12BrN3O2/c12-7-3-9-11(13-5-7)15-1-2-17-6-8(15)4-10(16)14-9/h3,5,8H,1-2,4,6H2,(H,14,16). The zero-order chi connectivity index (χ0) is 11.8. The molecule has 1 fully saturated rings. The van der Waals surface area contributed by atoms with Crippen LogP contribution in [-0.4, -0.2) is 36.7 Å². The molecule has 1 unspecified atom stereocenters. The Bertz CT molecular complexity index is 466. The number of aromatic nitrogens is 1. The monoisotopic (exact) mass is 297 g/mol. The molecule has 1 aromatic heterocycles. The zero-order valence-corrected chi connectivity index (χ0v) is 10.7. The summed E-state index contributed by atoms with van der Waals surface area (Å²) in [5, 5.41) is 2.89. The summed E-state index contributed by atoms with van der Waals surface area (Å²) in [7, 11) is 0. The smallest absolute Gasteiger partial charge is 0.226 e. The normalized spacial score (nSPS) is 23.5. The van der Waals surface area contributed by atoms with Crippen LogP contribution in [0, 0.1) is 0 Å². The summed E-state index contributed by atoms with van der Waals surface area (Å²) in [6, 6.07) is 1.98. The van der Waals surface area contributed by atoms with Crippen molar-refractivity contribution in [1.29, 1.82) is 0 Å². The lowest BCUT2D eigenvalue weighted by Gasteiger charge is -2.34. The Labute approximate surface area is 107 Å². The number of hydrogen-bond acceptors (Lipinski definition) is 4. The number of amides is 1. The number of rotatable bonds is 0. The number of hydrogen-bond donors (Lipinski definition) is 1. The summed E-state index contributed by atoms with van der Waals surface area (Å²) < 4.78 is 6.29. The molecule has 0 radical (unpaired) electrons. The largest absolute Gasteiger partial charge is 0.377 e. The molecule has 1 aromatic rings. The van der Waals surface area contributed by atoms with Crippen LogP contribution < -0.4 is 10.2 Å². The summed E-state index contributed by atoms with van der Waals surface area (Å²) in [4.78, 5) is 18.3. The quantitative estimate of drug-likeness (QED) is 0.786. The number of nitrogens with one attached hydrogen (secondary N) is 1. The number of ether oxygens (including phenoxy) is 1. The fourth-order valence-corrected chi connectivity index (χ4v) is 2.60. The van der Waals surface area contributed by atoms with Crippen LogP contribution in [0.3, 0.4) is 0 Å². The van der Waals surface area contributed by atoms with E-state index in [1.807, 2.05) is 6.07 Å². The number of carbonyl (C=O) groups excluding carboxylic acids is 1. The van der Waals surface area contributed by atoms with Gasteiger partial charge >= 0.3 is 0 Å². The number of nitrogens with zero attached hydrogens (tertiary/aromatic N) is 2. The molecule has 1 N–H and O–H groups in total. The second-order valence-corrected chi connectivity index (χ2v) is 5.11. The van der Waals surface area contributed by atoms with Crippen LogP contribution >= 0.6 is 15.9 Å². The lowest BCUT2D eigenvalue weighted by molar-refractivity contribution is -0.116. The topological polar surface area (TPSA) is 54.5 Å². The second kappa shape index (κ2) is 4.27. The van der Waals surface area contributed by atoms with E-state index in [0.717, 1.165) is 22.5 Å². The van der Waals surface area contributed by atoms with E-state index in [0.29, 0.717) is 19.6 Å². The molecule has 1 saturated heterocycles. The van der Waals surface area contributed by atoms with Crippen molar-refractivity contribution in [2.24, 2.45) is 0 Å². The van der Waals surface area contributed by atoms with E-state index >= 15 is 0 Å². The fourth-order valence-electron chi connectivity index (χ4n) is 2.27. The summed E-state index contributed by atoms with van der Waals surface area (Å²) in [6.07, 6.45) is 2.21. The van der Waals surface area contributed by atoms with Gasteiger partial charge in [0, 0.05) is 23.6 Å². The number of fused-ring (bicyclic) bond motifs is 3. The first-order valence-electron chi connectivity index (χ1n) is 5.54. The van der Waals surface area contributed by atoms with Crippen LogP contribution in [-0.2, 0) is 9.53 Å². The lowest BCUT2D eigenvalue weighted by Crippen LogP contribution is -2.46. The molecule has 3 heterocycles. The summed E-state index contributed by atoms with van der Waals surface area (Å²) in [5.74, 6) is 0.858. The van der Waals surface area contributed by atoms with Crippen molar-refractivity contribution in [3.05, 3.63) is 16.7 Å². The fraction of sp³-hybridized carbons (Fsp3) is 0.455. The Kier molecular flexibility index (Phi) is 2.76. The molecule has 2 aliphatic heterocycles. The van der Waals surface area contributed by atoms with Crippen LogP contribution in [0.2, 0.25) is 0 Å². The summed E-state index contributed by atoms with van der Waals surface area (Å²) >= 11 is 3.37. The van der Waals surface area contributed by atoms with E-state index in [4.69, 9.17) is 4.74 Å². The van der Waals surface area contributed by atoms with Crippen LogP contribution in [0.5, 0.6) is 0 Å². The van der Waals surface area contributed by atoms with Crippen molar-refractivity contribution in [2.45, 2.75) is 12.5 Å². The van der Waals surface area contributed by atoms with Gasteiger partial charge in [-0.2, -0.15) is 0 Å². The molecule has 0 aliphatic carbocycles. The van der Waals surface area contributed by atoms with Gasteiger partial charge in [-0.05, 0) is 22.0 Å². The minimum Gasteiger partial charge on any atom is -0.377 e. The van der Waals surface area contributed by atoms with Crippen molar-refractivity contribution in [1.82, 2.24) is 4.98 Å². The number of carbonyl (C=O) groups is 1. The maximum absolute atomic E-state index is 11.8. The van der Waals surface area contributed by atoms with Crippen molar-refractivity contribution in [2.75, 3.05) is 30.0 Å². The molecule has 5 nitrogen and oxygen atoms in total. The molecule has 0 spiro atoms. The van der Waals surface area contributed by atoms with Crippen LogP contribution in [0.25, 0.3) is 0 Å². The van der Waals surface area contributed by atoms with Crippen molar-refractivity contribution < 1.29 is 9.53 Å². The molecule has 0 bridgehead atoms. The van der Waals surface area contributed by atoms with Gasteiger partial charge in [0.05, 0.1) is 24.9 Å². The van der Waals surface area contributed by atoms with Crippen LogP contribution in [0.15, 0.2) is 16.7 Å². The van der Waals surface area contributed by atoms with Gasteiger partial charge in [-0.25, -0.2) is 4.98 Å². The van der Waals surface area contributed by atoms with Gasteiger partial charge in [-0.15, -0.1) is 0 Å². The molecular weight excluding hydrogens is 286 g/mol.